The smallest absolute Gasteiger partial charge is 0.273 e. The van der Waals surface area contributed by atoms with Crippen LogP contribution in [0.3, 0.4) is 0 Å². The number of hydrazone groups is 1. The van der Waals surface area contributed by atoms with E-state index in [9.17, 15) is 22.4 Å². The second-order valence-corrected chi connectivity index (χ2v) is 3.80. The van der Waals surface area contributed by atoms with E-state index >= 15 is 0 Å². The summed E-state index contributed by atoms with van der Waals surface area (Å²) in [5.41, 5.74) is -0.591. The van der Waals surface area contributed by atoms with E-state index < -0.39 is 30.0 Å². The number of amides is 1. The maximum Gasteiger partial charge on any atom is 0.431 e. The Morgan fingerprint density at radius 2 is 1.83 bits per heavy atom. The Kier molecular flexibility index (Phi) is 3.06. The van der Waals surface area contributed by atoms with Crippen LogP contribution in [0.25, 0.3) is 0 Å². The van der Waals surface area contributed by atoms with Crippen molar-refractivity contribution in [1.82, 2.24) is 5.01 Å². The summed E-state index contributed by atoms with van der Waals surface area (Å²) in [6.07, 6.45) is -5.34. The molecule has 18 heavy (non-hydrogen) atoms. The highest BCUT2D eigenvalue weighted by atomic mass is 19.4. The number of carbonyl (C=O) groups is 1. The lowest BCUT2D eigenvalue weighted by atomic mass is 10.2. The van der Waals surface area contributed by atoms with Crippen LogP contribution in [0.15, 0.2) is 29.4 Å². The molecule has 1 amide bonds. The SMILES string of the molecule is O=C1CC(C(F)(F)F)=NN1Cc1ccc(F)cc1. The first-order valence-electron chi connectivity index (χ1n) is 5.06. The van der Waals surface area contributed by atoms with Gasteiger partial charge in [-0.05, 0) is 17.7 Å². The van der Waals surface area contributed by atoms with Crippen molar-refractivity contribution in [2.45, 2.75) is 19.1 Å². The summed E-state index contributed by atoms with van der Waals surface area (Å²) < 4.78 is 49.7. The van der Waals surface area contributed by atoms with Crippen LogP contribution in [0.5, 0.6) is 0 Å². The van der Waals surface area contributed by atoms with Crippen LogP contribution in [0, 0.1) is 5.82 Å². The molecular formula is C11H8F4N2O. The van der Waals surface area contributed by atoms with Gasteiger partial charge in [0.2, 0.25) is 5.91 Å². The van der Waals surface area contributed by atoms with E-state index in [0.717, 1.165) is 5.01 Å². The van der Waals surface area contributed by atoms with E-state index in [1.807, 2.05) is 0 Å². The number of alkyl halides is 3. The summed E-state index contributed by atoms with van der Waals surface area (Å²) in [6, 6.07) is 5.13. The molecule has 0 unspecified atom stereocenters. The molecule has 0 saturated heterocycles. The van der Waals surface area contributed by atoms with Crippen molar-refractivity contribution in [1.29, 1.82) is 0 Å². The first-order chi connectivity index (χ1) is 8.36. The molecule has 1 aliphatic heterocycles. The van der Waals surface area contributed by atoms with E-state index in [0.29, 0.717) is 5.56 Å². The fourth-order valence-electron chi connectivity index (χ4n) is 1.51. The molecule has 1 heterocycles. The number of hydrogen-bond acceptors (Lipinski definition) is 2. The second kappa shape index (κ2) is 4.40. The molecule has 0 fully saturated rings. The highest BCUT2D eigenvalue weighted by Crippen LogP contribution is 2.25. The number of nitrogens with zero attached hydrogens (tertiary/aromatic N) is 2. The third-order valence-corrected chi connectivity index (χ3v) is 2.42. The van der Waals surface area contributed by atoms with Crippen molar-refractivity contribution in [3.8, 4) is 0 Å². The number of halogens is 4. The molecule has 0 spiro atoms. The summed E-state index contributed by atoms with van der Waals surface area (Å²) in [4.78, 5) is 11.3. The first-order valence-corrected chi connectivity index (χ1v) is 5.06. The van der Waals surface area contributed by atoms with Gasteiger partial charge in [0.25, 0.3) is 0 Å². The lowest BCUT2D eigenvalue weighted by molar-refractivity contribution is -0.129. The van der Waals surface area contributed by atoms with Crippen molar-refractivity contribution in [2.75, 3.05) is 0 Å². The Labute approximate surface area is 99.7 Å². The predicted molar refractivity (Wildman–Crippen MR) is 55.1 cm³/mol. The minimum atomic E-state index is -4.59. The van der Waals surface area contributed by atoms with E-state index in [1.165, 1.54) is 24.3 Å². The highest BCUT2D eigenvalue weighted by molar-refractivity contribution is 6.07. The van der Waals surface area contributed by atoms with Crippen LogP contribution >= 0.6 is 0 Å². The van der Waals surface area contributed by atoms with E-state index in [2.05, 4.69) is 5.10 Å². The standard InChI is InChI=1S/C11H8F4N2O/c12-8-3-1-7(2-4-8)6-17-10(18)5-9(16-17)11(13,14)15/h1-4H,5-6H2. The summed E-state index contributed by atoms with van der Waals surface area (Å²) in [6.45, 7) is -0.0985. The predicted octanol–water partition coefficient (Wildman–Crippen LogP) is 2.48. The van der Waals surface area contributed by atoms with E-state index in [-0.39, 0.29) is 6.54 Å². The van der Waals surface area contributed by atoms with Crippen LogP contribution < -0.4 is 0 Å². The Balaban J connectivity index is 2.12. The molecule has 0 aromatic heterocycles. The first kappa shape index (κ1) is 12.5. The molecule has 3 nitrogen and oxygen atoms in total. The molecular weight excluding hydrogens is 252 g/mol. The van der Waals surface area contributed by atoms with Gasteiger partial charge in [-0.15, -0.1) is 0 Å². The van der Waals surface area contributed by atoms with Gasteiger partial charge >= 0.3 is 6.18 Å². The monoisotopic (exact) mass is 260 g/mol. The Hall–Kier alpha value is -1.92. The molecule has 7 heteroatoms. The molecule has 2 rings (SSSR count). The van der Waals surface area contributed by atoms with Crippen LogP contribution in [0.4, 0.5) is 17.6 Å². The van der Waals surface area contributed by atoms with Crippen LogP contribution in [-0.4, -0.2) is 22.8 Å². The van der Waals surface area contributed by atoms with E-state index in [1.54, 1.807) is 0 Å². The Morgan fingerprint density at radius 3 is 2.33 bits per heavy atom. The van der Waals surface area contributed by atoms with Gasteiger partial charge in [-0.1, -0.05) is 12.1 Å². The molecule has 0 bridgehead atoms. The molecule has 0 N–H and O–H groups in total. The fraction of sp³-hybridized carbons (Fsp3) is 0.273. The quantitative estimate of drug-likeness (QED) is 0.752. The second-order valence-electron chi connectivity index (χ2n) is 3.80. The summed E-state index contributed by atoms with van der Waals surface area (Å²) >= 11 is 0. The van der Waals surface area contributed by atoms with Gasteiger partial charge in [-0.3, -0.25) is 4.79 Å². The zero-order chi connectivity index (χ0) is 13.3. The molecule has 1 aliphatic rings. The Morgan fingerprint density at radius 1 is 1.22 bits per heavy atom. The average Bonchev–Trinajstić information content (AvgIpc) is 2.63. The van der Waals surface area contributed by atoms with E-state index in [4.69, 9.17) is 0 Å². The van der Waals surface area contributed by atoms with Crippen LogP contribution in [0.1, 0.15) is 12.0 Å². The molecule has 96 valence electrons. The van der Waals surface area contributed by atoms with Gasteiger partial charge < -0.3 is 0 Å². The lowest BCUT2D eigenvalue weighted by Crippen LogP contribution is -2.22. The zero-order valence-corrected chi connectivity index (χ0v) is 9.04. The van der Waals surface area contributed by atoms with Gasteiger partial charge in [-0.2, -0.15) is 18.3 Å². The molecule has 0 atom stereocenters. The number of rotatable bonds is 2. The van der Waals surface area contributed by atoms with Gasteiger partial charge in [0.1, 0.15) is 5.82 Å². The molecule has 0 saturated carbocycles. The van der Waals surface area contributed by atoms with Crippen molar-refractivity contribution < 1.29 is 22.4 Å². The lowest BCUT2D eigenvalue weighted by Gasteiger charge is -2.11. The third-order valence-electron chi connectivity index (χ3n) is 2.42. The molecule has 1 aromatic carbocycles. The van der Waals surface area contributed by atoms with Crippen molar-refractivity contribution in [3.05, 3.63) is 35.6 Å². The fourth-order valence-corrected chi connectivity index (χ4v) is 1.51. The number of carbonyl (C=O) groups excluding carboxylic acids is 1. The zero-order valence-electron chi connectivity index (χ0n) is 9.04. The van der Waals surface area contributed by atoms with Gasteiger partial charge in [0.05, 0.1) is 13.0 Å². The maximum absolute atomic E-state index is 12.6. The van der Waals surface area contributed by atoms with Crippen molar-refractivity contribution in [3.63, 3.8) is 0 Å². The van der Waals surface area contributed by atoms with Gasteiger partial charge in [0, 0.05) is 0 Å². The minimum Gasteiger partial charge on any atom is -0.273 e. The maximum atomic E-state index is 12.6. The van der Waals surface area contributed by atoms with Gasteiger partial charge in [-0.25, -0.2) is 9.40 Å². The Bertz CT molecular complexity index is 493. The molecule has 0 radical (unpaired) electrons. The topological polar surface area (TPSA) is 32.7 Å². The van der Waals surface area contributed by atoms with Crippen molar-refractivity contribution >= 4 is 11.6 Å². The average molecular weight is 260 g/mol. The van der Waals surface area contributed by atoms with Crippen LogP contribution in [0.2, 0.25) is 0 Å². The van der Waals surface area contributed by atoms with Gasteiger partial charge in [0.15, 0.2) is 5.71 Å². The normalized spacial score (nSPS) is 16.1. The minimum absolute atomic E-state index is 0.0985. The number of hydrogen-bond donors (Lipinski definition) is 0. The summed E-state index contributed by atoms with van der Waals surface area (Å²) in [7, 11) is 0. The number of benzene rings is 1. The largest absolute Gasteiger partial charge is 0.431 e. The highest BCUT2D eigenvalue weighted by Gasteiger charge is 2.42. The molecule has 1 aromatic rings. The van der Waals surface area contributed by atoms with Crippen molar-refractivity contribution in [2.24, 2.45) is 5.10 Å². The summed E-state index contributed by atoms with van der Waals surface area (Å²) in [5, 5.41) is 3.99. The summed E-state index contributed by atoms with van der Waals surface area (Å²) in [5.74, 6) is -1.17. The molecule has 0 aliphatic carbocycles. The third kappa shape index (κ3) is 2.66. The van der Waals surface area contributed by atoms with Crippen LogP contribution in [-0.2, 0) is 11.3 Å².